The highest BCUT2D eigenvalue weighted by Crippen LogP contribution is 2.44. The van der Waals surface area contributed by atoms with Gasteiger partial charge in [-0.15, -0.1) is 0 Å². The zero-order valence-electron chi connectivity index (χ0n) is 11.1. The van der Waals surface area contributed by atoms with E-state index in [4.69, 9.17) is 5.73 Å². The summed E-state index contributed by atoms with van der Waals surface area (Å²) >= 11 is 0. The highest BCUT2D eigenvalue weighted by atomic mass is 15.3. The molecule has 1 aliphatic carbocycles. The summed E-state index contributed by atoms with van der Waals surface area (Å²) in [6.45, 7) is 7.75. The number of hydrogen-bond acceptors (Lipinski definition) is 3. The van der Waals surface area contributed by atoms with Gasteiger partial charge in [0.2, 0.25) is 0 Å². The minimum atomic E-state index is 0.373. The summed E-state index contributed by atoms with van der Waals surface area (Å²) in [4.78, 5) is 4.06. The molecular formula is C13H24N4. The molecule has 0 spiro atoms. The third kappa shape index (κ3) is 2.68. The van der Waals surface area contributed by atoms with E-state index < -0.39 is 0 Å². The lowest BCUT2D eigenvalue weighted by atomic mass is 9.68. The van der Waals surface area contributed by atoms with Crippen LogP contribution < -0.4 is 5.73 Å². The third-order valence-electron chi connectivity index (χ3n) is 4.26. The predicted octanol–water partition coefficient (Wildman–Crippen LogP) is 2.24. The van der Waals surface area contributed by atoms with Crippen molar-refractivity contribution in [3.8, 4) is 0 Å². The van der Waals surface area contributed by atoms with Crippen molar-refractivity contribution in [2.24, 2.45) is 23.0 Å². The third-order valence-corrected chi connectivity index (χ3v) is 4.26. The molecule has 1 aliphatic rings. The summed E-state index contributed by atoms with van der Waals surface area (Å²) in [5, 5.41) is 4.30. The molecule has 3 atom stereocenters. The van der Waals surface area contributed by atoms with Gasteiger partial charge in [0.25, 0.3) is 0 Å². The Morgan fingerprint density at radius 1 is 1.35 bits per heavy atom. The van der Waals surface area contributed by atoms with Gasteiger partial charge in [0.05, 0.1) is 6.04 Å². The molecule has 17 heavy (non-hydrogen) atoms. The van der Waals surface area contributed by atoms with Crippen LogP contribution in [0.15, 0.2) is 12.7 Å². The highest BCUT2D eigenvalue weighted by molar-refractivity contribution is 4.88. The first-order chi connectivity index (χ1) is 8.02. The highest BCUT2D eigenvalue weighted by Gasteiger charge is 2.36. The van der Waals surface area contributed by atoms with E-state index in [2.05, 4.69) is 30.9 Å². The van der Waals surface area contributed by atoms with Crippen molar-refractivity contribution < 1.29 is 0 Å². The second-order valence-electron chi connectivity index (χ2n) is 6.31. The van der Waals surface area contributed by atoms with E-state index in [0.717, 1.165) is 12.5 Å². The predicted molar refractivity (Wildman–Crippen MR) is 68.4 cm³/mol. The molecule has 2 N–H and O–H groups in total. The monoisotopic (exact) mass is 236 g/mol. The Bertz CT molecular complexity index is 339. The van der Waals surface area contributed by atoms with E-state index in [0.29, 0.717) is 17.4 Å². The quantitative estimate of drug-likeness (QED) is 0.856. The fourth-order valence-electron chi connectivity index (χ4n) is 2.98. The van der Waals surface area contributed by atoms with Crippen molar-refractivity contribution in [3.63, 3.8) is 0 Å². The van der Waals surface area contributed by atoms with Crippen LogP contribution in [0.2, 0.25) is 0 Å². The van der Waals surface area contributed by atoms with Gasteiger partial charge in [-0.2, -0.15) is 5.10 Å². The van der Waals surface area contributed by atoms with Crippen LogP contribution in [-0.4, -0.2) is 21.3 Å². The summed E-state index contributed by atoms with van der Waals surface area (Å²) in [6, 6.07) is 0.431. The lowest BCUT2D eigenvalue weighted by Crippen LogP contribution is -2.36. The molecule has 1 saturated carbocycles. The van der Waals surface area contributed by atoms with Gasteiger partial charge in [0.15, 0.2) is 0 Å². The molecule has 2 rings (SSSR count). The molecule has 1 fully saturated rings. The number of nitrogens with zero attached hydrogens (tertiary/aromatic N) is 3. The van der Waals surface area contributed by atoms with E-state index in [1.54, 1.807) is 6.33 Å². The van der Waals surface area contributed by atoms with Crippen LogP contribution in [0.3, 0.4) is 0 Å². The van der Waals surface area contributed by atoms with Gasteiger partial charge in [-0.1, -0.05) is 20.8 Å². The SMILES string of the molecule is CC(C)(C)C1CCC(CN)C(n2cncn2)C1. The zero-order chi connectivity index (χ0) is 12.5. The fourth-order valence-corrected chi connectivity index (χ4v) is 2.98. The van der Waals surface area contributed by atoms with Gasteiger partial charge < -0.3 is 5.73 Å². The van der Waals surface area contributed by atoms with Crippen molar-refractivity contribution >= 4 is 0 Å². The first-order valence-electron chi connectivity index (χ1n) is 6.56. The minimum Gasteiger partial charge on any atom is -0.330 e. The normalized spacial score (nSPS) is 30.5. The molecule has 96 valence electrons. The van der Waals surface area contributed by atoms with Crippen molar-refractivity contribution in [1.29, 1.82) is 0 Å². The van der Waals surface area contributed by atoms with Gasteiger partial charge in [-0.3, -0.25) is 0 Å². The van der Waals surface area contributed by atoms with Crippen LogP contribution in [0, 0.1) is 17.3 Å². The molecule has 0 aromatic carbocycles. The molecular weight excluding hydrogens is 212 g/mol. The Morgan fingerprint density at radius 3 is 2.65 bits per heavy atom. The molecule has 0 amide bonds. The van der Waals surface area contributed by atoms with Gasteiger partial charge in [0.1, 0.15) is 12.7 Å². The van der Waals surface area contributed by atoms with E-state index in [1.165, 1.54) is 19.3 Å². The van der Waals surface area contributed by atoms with Crippen molar-refractivity contribution in [1.82, 2.24) is 14.8 Å². The van der Waals surface area contributed by atoms with Crippen molar-refractivity contribution in [3.05, 3.63) is 12.7 Å². The summed E-state index contributed by atoms with van der Waals surface area (Å²) < 4.78 is 2.01. The molecule has 1 heterocycles. The van der Waals surface area contributed by atoms with Gasteiger partial charge >= 0.3 is 0 Å². The smallest absolute Gasteiger partial charge is 0.137 e. The zero-order valence-corrected chi connectivity index (χ0v) is 11.1. The van der Waals surface area contributed by atoms with E-state index >= 15 is 0 Å². The number of rotatable bonds is 2. The molecule has 0 bridgehead atoms. The molecule has 3 unspecified atom stereocenters. The Balaban J connectivity index is 2.15. The lowest BCUT2D eigenvalue weighted by molar-refractivity contribution is 0.0994. The maximum absolute atomic E-state index is 5.89. The topological polar surface area (TPSA) is 56.7 Å². The lowest BCUT2D eigenvalue weighted by Gasteiger charge is -2.41. The second-order valence-corrected chi connectivity index (χ2v) is 6.31. The van der Waals surface area contributed by atoms with Crippen LogP contribution in [0.4, 0.5) is 0 Å². The molecule has 1 aromatic rings. The molecule has 4 heteroatoms. The number of aromatic nitrogens is 3. The maximum atomic E-state index is 5.89. The largest absolute Gasteiger partial charge is 0.330 e. The Morgan fingerprint density at radius 2 is 2.12 bits per heavy atom. The summed E-state index contributed by atoms with van der Waals surface area (Å²) in [7, 11) is 0. The van der Waals surface area contributed by atoms with Crippen molar-refractivity contribution in [2.45, 2.75) is 46.1 Å². The molecule has 1 aromatic heterocycles. The summed E-state index contributed by atoms with van der Waals surface area (Å²) in [5.74, 6) is 1.30. The molecule has 4 nitrogen and oxygen atoms in total. The van der Waals surface area contributed by atoms with E-state index in [1.807, 2.05) is 11.0 Å². The average molecular weight is 236 g/mol. The van der Waals surface area contributed by atoms with Gasteiger partial charge in [-0.25, -0.2) is 9.67 Å². The van der Waals surface area contributed by atoms with E-state index in [-0.39, 0.29) is 0 Å². The molecule has 0 aliphatic heterocycles. The first-order valence-corrected chi connectivity index (χ1v) is 6.56. The van der Waals surface area contributed by atoms with Crippen LogP contribution in [0.5, 0.6) is 0 Å². The van der Waals surface area contributed by atoms with Crippen LogP contribution in [-0.2, 0) is 0 Å². The Labute approximate surface area is 104 Å². The number of nitrogens with two attached hydrogens (primary N) is 1. The maximum Gasteiger partial charge on any atom is 0.137 e. The molecule has 0 saturated heterocycles. The Kier molecular flexibility index (Phi) is 3.52. The number of hydrogen-bond donors (Lipinski definition) is 1. The molecule has 0 radical (unpaired) electrons. The van der Waals surface area contributed by atoms with Gasteiger partial charge in [-0.05, 0) is 43.1 Å². The first kappa shape index (κ1) is 12.6. The van der Waals surface area contributed by atoms with Crippen LogP contribution in [0.25, 0.3) is 0 Å². The second kappa shape index (κ2) is 4.77. The van der Waals surface area contributed by atoms with Gasteiger partial charge in [0, 0.05) is 0 Å². The summed E-state index contributed by atoms with van der Waals surface area (Å²) in [6.07, 6.45) is 7.13. The Hall–Kier alpha value is -0.900. The average Bonchev–Trinajstić information content (AvgIpc) is 2.80. The standard InChI is InChI=1S/C13H24N4/c1-13(2,3)11-5-4-10(7-14)12(6-11)17-9-15-8-16-17/h8-12H,4-7,14H2,1-3H3. The van der Waals surface area contributed by atoms with Crippen LogP contribution in [0.1, 0.15) is 46.1 Å². The summed E-state index contributed by atoms with van der Waals surface area (Å²) in [5.41, 5.74) is 6.27. The minimum absolute atomic E-state index is 0.373. The van der Waals surface area contributed by atoms with Crippen molar-refractivity contribution in [2.75, 3.05) is 6.54 Å². The van der Waals surface area contributed by atoms with Crippen LogP contribution >= 0.6 is 0 Å². The fraction of sp³-hybridized carbons (Fsp3) is 0.846. The van der Waals surface area contributed by atoms with E-state index in [9.17, 15) is 0 Å².